The molecule has 0 aliphatic carbocycles. The minimum Gasteiger partial charge on any atom is -0.325 e. The van der Waals surface area contributed by atoms with Gasteiger partial charge in [-0.1, -0.05) is 30.3 Å². The number of anilines is 2. The van der Waals surface area contributed by atoms with Crippen molar-refractivity contribution in [2.75, 3.05) is 5.32 Å². The summed E-state index contributed by atoms with van der Waals surface area (Å²) in [5.74, 6) is 0.816. The summed E-state index contributed by atoms with van der Waals surface area (Å²) in [5, 5.41) is 3.32. The Bertz CT molecular complexity index is 671. The number of hydrogen-bond acceptors (Lipinski definition) is 2. The molecule has 0 unspecified atom stereocenters. The zero-order chi connectivity index (χ0) is 13.1. The van der Waals surface area contributed by atoms with Gasteiger partial charge in [-0.25, -0.2) is 4.98 Å². The first-order valence-electron chi connectivity index (χ1n) is 6.25. The van der Waals surface area contributed by atoms with E-state index in [0.717, 1.165) is 17.3 Å². The van der Waals surface area contributed by atoms with Crippen molar-refractivity contribution < 1.29 is 0 Å². The molecule has 3 rings (SSSR count). The number of para-hydroxylation sites is 1. The number of aromatic nitrogens is 2. The van der Waals surface area contributed by atoms with Crippen LogP contribution in [0.4, 0.5) is 11.6 Å². The van der Waals surface area contributed by atoms with Gasteiger partial charge in [0.15, 0.2) is 0 Å². The highest BCUT2D eigenvalue weighted by molar-refractivity contribution is 5.55. The molecule has 0 radical (unpaired) electrons. The minimum absolute atomic E-state index is 0.816. The van der Waals surface area contributed by atoms with Gasteiger partial charge in [-0.3, -0.25) is 4.57 Å². The highest BCUT2D eigenvalue weighted by atomic mass is 15.2. The monoisotopic (exact) mass is 249 g/mol. The molecule has 0 saturated heterocycles. The van der Waals surface area contributed by atoms with Crippen LogP contribution in [0.1, 0.15) is 5.56 Å². The summed E-state index contributed by atoms with van der Waals surface area (Å²) in [6, 6.07) is 18.4. The third-order valence-corrected chi connectivity index (χ3v) is 2.95. The zero-order valence-corrected chi connectivity index (χ0v) is 10.7. The maximum Gasteiger partial charge on any atom is 0.212 e. The van der Waals surface area contributed by atoms with Crippen molar-refractivity contribution in [3.63, 3.8) is 0 Å². The average molecular weight is 249 g/mol. The van der Waals surface area contributed by atoms with E-state index in [9.17, 15) is 0 Å². The molecule has 1 N–H and O–H groups in total. The van der Waals surface area contributed by atoms with Gasteiger partial charge in [0.25, 0.3) is 0 Å². The predicted octanol–water partition coefficient (Wildman–Crippen LogP) is 3.92. The molecule has 3 aromatic rings. The van der Waals surface area contributed by atoms with Gasteiger partial charge < -0.3 is 5.32 Å². The van der Waals surface area contributed by atoms with Crippen LogP contribution in [0.3, 0.4) is 0 Å². The second-order valence-corrected chi connectivity index (χ2v) is 4.45. The average Bonchev–Trinajstić information content (AvgIpc) is 2.88. The Morgan fingerprint density at radius 3 is 2.63 bits per heavy atom. The largest absolute Gasteiger partial charge is 0.325 e. The first-order chi connectivity index (χ1) is 9.33. The fourth-order valence-electron chi connectivity index (χ4n) is 2.03. The maximum atomic E-state index is 4.37. The van der Waals surface area contributed by atoms with Gasteiger partial charge in [0.2, 0.25) is 5.95 Å². The van der Waals surface area contributed by atoms with Gasteiger partial charge in [-0.2, -0.15) is 0 Å². The standard InChI is InChI=1S/C16H15N3/c1-13-6-5-9-15(12-13)19-11-10-17-16(19)18-14-7-3-2-4-8-14/h2-12H,1H3,(H,17,18). The number of imidazole rings is 1. The molecule has 1 heterocycles. The van der Waals surface area contributed by atoms with Gasteiger partial charge in [0.1, 0.15) is 0 Å². The fraction of sp³-hybridized carbons (Fsp3) is 0.0625. The summed E-state index contributed by atoms with van der Waals surface area (Å²) in [5.41, 5.74) is 3.37. The second-order valence-electron chi connectivity index (χ2n) is 4.45. The van der Waals surface area contributed by atoms with Crippen LogP contribution in [0.25, 0.3) is 5.69 Å². The molecule has 0 aliphatic rings. The summed E-state index contributed by atoms with van der Waals surface area (Å²) >= 11 is 0. The Morgan fingerprint density at radius 1 is 1.00 bits per heavy atom. The van der Waals surface area contributed by atoms with Crippen LogP contribution in [0.5, 0.6) is 0 Å². The highest BCUT2D eigenvalue weighted by Crippen LogP contribution is 2.19. The van der Waals surface area contributed by atoms with Gasteiger partial charge in [0, 0.05) is 23.8 Å². The van der Waals surface area contributed by atoms with E-state index >= 15 is 0 Å². The van der Waals surface area contributed by atoms with E-state index in [0.29, 0.717) is 0 Å². The van der Waals surface area contributed by atoms with Crippen molar-refractivity contribution in [3.8, 4) is 5.69 Å². The van der Waals surface area contributed by atoms with Gasteiger partial charge in [-0.05, 0) is 36.8 Å². The lowest BCUT2D eigenvalue weighted by atomic mass is 10.2. The number of nitrogens with one attached hydrogen (secondary N) is 1. The molecule has 0 bridgehead atoms. The Labute approximate surface area is 112 Å². The van der Waals surface area contributed by atoms with Crippen LogP contribution in [-0.4, -0.2) is 9.55 Å². The number of benzene rings is 2. The number of nitrogens with zero attached hydrogens (tertiary/aromatic N) is 2. The zero-order valence-electron chi connectivity index (χ0n) is 10.7. The van der Waals surface area contributed by atoms with Gasteiger partial charge >= 0.3 is 0 Å². The molecule has 1 aromatic heterocycles. The summed E-state index contributed by atoms with van der Waals surface area (Å²) in [4.78, 5) is 4.37. The summed E-state index contributed by atoms with van der Waals surface area (Å²) < 4.78 is 2.04. The minimum atomic E-state index is 0.816. The molecule has 94 valence electrons. The predicted molar refractivity (Wildman–Crippen MR) is 78.0 cm³/mol. The molecule has 0 fully saturated rings. The SMILES string of the molecule is Cc1cccc(-n2ccnc2Nc2ccccc2)c1. The lowest BCUT2D eigenvalue weighted by molar-refractivity contribution is 1.06. The van der Waals surface area contributed by atoms with Gasteiger partial charge in [-0.15, -0.1) is 0 Å². The van der Waals surface area contributed by atoms with E-state index < -0.39 is 0 Å². The molecule has 3 nitrogen and oxygen atoms in total. The van der Waals surface area contributed by atoms with Crippen molar-refractivity contribution in [1.29, 1.82) is 0 Å². The third-order valence-electron chi connectivity index (χ3n) is 2.95. The molecule has 2 aromatic carbocycles. The van der Waals surface area contributed by atoms with Crippen LogP contribution in [0.15, 0.2) is 67.0 Å². The molecule has 19 heavy (non-hydrogen) atoms. The van der Waals surface area contributed by atoms with Crippen molar-refractivity contribution >= 4 is 11.6 Å². The van der Waals surface area contributed by atoms with Gasteiger partial charge in [0.05, 0.1) is 0 Å². The Hall–Kier alpha value is -2.55. The quantitative estimate of drug-likeness (QED) is 0.762. The van der Waals surface area contributed by atoms with E-state index in [1.165, 1.54) is 5.56 Å². The third kappa shape index (κ3) is 2.50. The Kier molecular flexibility index (Phi) is 3.02. The molecule has 0 saturated carbocycles. The van der Waals surface area contributed by atoms with E-state index in [4.69, 9.17) is 0 Å². The lowest BCUT2D eigenvalue weighted by Crippen LogP contribution is -2.01. The fourth-order valence-corrected chi connectivity index (χ4v) is 2.03. The van der Waals surface area contributed by atoms with E-state index in [1.54, 1.807) is 6.20 Å². The second kappa shape index (κ2) is 4.98. The van der Waals surface area contributed by atoms with E-state index in [-0.39, 0.29) is 0 Å². The van der Waals surface area contributed by atoms with Crippen LogP contribution in [0, 0.1) is 6.92 Å². The smallest absolute Gasteiger partial charge is 0.212 e. The van der Waals surface area contributed by atoms with Crippen molar-refractivity contribution in [2.24, 2.45) is 0 Å². The topological polar surface area (TPSA) is 29.9 Å². The van der Waals surface area contributed by atoms with Crippen LogP contribution in [0.2, 0.25) is 0 Å². The Balaban J connectivity index is 1.95. The first kappa shape index (κ1) is 11.5. The van der Waals surface area contributed by atoms with E-state index in [1.807, 2.05) is 41.1 Å². The molecule has 3 heteroatoms. The van der Waals surface area contributed by atoms with Crippen molar-refractivity contribution in [1.82, 2.24) is 9.55 Å². The van der Waals surface area contributed by atoms with E-state index in [2.05, 4.69) is 41.5 Å². The van der Waals surface area contributed by atoms with Crippen LogP contribution in [-0.2, 0) is 0 Å². The molecule has 0 amide bonds. The molecule has 0 spiro atoms. The Morgan fingerprint density at radius 2 is 1.84 bits per heavy atom. The molecular weight excluding hydrogens is 234 g/mol. The summed E-state index contributed by atoms with van der Waals surface area (Å²) in [7, 11) is 0. The number of hydrogen-bond donors (Lipinski definition) is 1. The maximum absolute atomic E-state index is 4.37. The molecule has 0 atom stereocenters. The summed E-state index contributed by atoms with van der Waals surface area (Å²) in [6.07, 6.45) is 3.76. The summed E-state index contributed by atoms with van der Waals surface area (Å²) in [6.45, 7) is 2.09. The first-order valence-corrected chi connectivity index (χ1v) is 6.25. The van der Waals surface area contributed by atoms with Crippen molar-refractivity contribution in [2.45, 2.75) is 6.92 Å². The highest BCUT2D eigenvalue weighted by Gasteiger charge is 2.04. The number of rotatable bonds is 3. The molecular formula is C16H15N3. The molecule has 0 aliphatic heterocycles. The van der Waals surface area contributed by atoms with Crippen LogP contribution < -0.4 is 5.32 Å². The lowest BCUT2D eigenvalue weighted by Gasteiger charge is -2.10. The van der Waals surface area contributed by atoms with Crippen LogP contribution >= 0.6 is 0 Å². The number of aryl methyl sites for hydroxylation is 1. The normalized spacial score (nSPS) is 10.4. The van der Waals surface area contributed by atoms with Crippen molar-refractivity contribution in [3.05, 3.63) is 72.6 Å².